The second-order valence-corrected chi connectivity index (χ2v) is 6.98. The topological polar surface area (TPSA) is 90.9 Å². The van der Waals surface area contributed by atoms with Crippen LogP contribution < -0.4 is 10.1 Å². The Hall–Kier alpha value is -2.87. The molecule has 0 saturated heterocycles. The maximum atomic E-state index is 12.2. The smallest absolute Gasteiger partial charge is 0.342 e. The van der Waals surface area contributed by atoms with Gasteiger partial charge in [-0.25, -0.2) is 9.59 Å². The Morgan fingerprint density at radius 1 is 1.11 bits per heavy atom. The Kier molecular flexibility index (Phi) is 5.75. The number of esters is 2. The number of carbonyl (C=O) groups excluding carboxylic acids is 3. The van der Waals surface area contributed by atoms with Crippen LogP contribution in [0.1, 0.15) is 37.6 Å². The van der Waals surface area contributed by atoms with E-state index in [1.807, 2.05) is 0 Å². The van der Waals surface area contributed by atoms with E-state index >= 15 is 0 Å². The van der Waals surface area contributed by atoms with Gasteiger partial charge in [-0.3, -0.25) is 4.79 Å². The van der Waals surface area contributed by atoms with E-state index < -0.39 is 24.5 Å². The third-order valence-corrected chi connectivity index (χ3v) is 5.43. The van der Waals surface area contributed by atoms with Crippen LogP contribution in [0.15, 0.2) is 24.3 Å². The first-order chi connectivity index (χ1) is 13.0. The van der Waals surface area contributed by atoms with Gasteiger partial charge in [0, 0.05) is 4.88 Å². The predicted octanol–water partition coefficient (Wildman–Crippen LogP) is 2.83. The Bertz CT molecular complexity index is 888. The molecule has 0 unspecified atom stereocenters. The molecule has 8 heteroatoms. The number of methoxy groups -OCH3 is 2. The summed E-state index contributed by atoms with van der Waals surface area (Å²) < 4.78 is 15.0. The number of hydrogen-bond acceptors (Lipinski definition) is 7. The summed E-state index contributed by atoms with van der Waals surface area (Å²) in [5.41, 5.74) is 1.57. The summed E-state index contributed by atoms with van der Waals surface area (Å²) in [6.07, 6.45) is 2.65. The SMILES string of the molecule is COC(=O)c1c(NC(=O)COC(=O)c2ccccc2OC)sc2c1CCC2. The van der Waals surface area contributed by atoms with Crippen LogP contribution in [0.4, 0.5) is 5.00 Å². The van der Waals surface area contributed by atoms with Crippen molar-refractivity contribution in [3.05, 3.63) is 45.8 Å². The highest BCUT2D eigenvalue weighted by molar-refractivity contribution is 7.17. The van der Waals surface area contributed by atoms with Gasteiger partial charge in [0.2, 0.25) is 0 Å². The molecule has 27 heavy (non-hydrogen) atoms. The molecule has 0 radical (unpaired) electrons. The quantitative estimate of drug-likeness (QED) is 0.764. The Labute approximate surface area is 160 Å². The average Bonchev–Trinajstić information content (AvgIpc) is 3.26. The summed E-state index contributed by atoms with van der Waals surface area (Å²) in [6.45, 7) is -0.472. The molecule has 0 saturated carbocycles. The second-order valence-electron chi connectivity index (χ2n) is 5.88. The van der Waals surface area contributed by atoms with E-state index in [1.165, 1.54) is 25.6 Å². The molecule has 1 aromatic carbocycles. The zero-order valence-corrected chi connectivity index (χ0v) is 15.8. The highest BCUT2D eigenvalue weighted by Gasteiger charge is 2.28. The standard InChI is InChI=1S/C19H19NO6S/c1-24-13-8-4-3-6-11(13)18(22)26-10-15(21)20-17-16(19(23)25-2)12-7-5-9-14(12)27-17/h3-4,6,8H,5,7,9-10H2,1-2H3,(H,20,21). The van der Waals surface area contributed by atoms with Crippen molar-refractivity contribution in [1.29, 1.82) is 0 Å². The molecule has 0 atom stereocenters. The van der Waals surface area contributed by atoms with Gasteiger partial charge in [0.05, 0.1) is 19.8 Å². The molecule has 1 heterocycles. The van der Waals surface area contributed by atoms with Crippen LogP contribution in [-0.2, 0) is 27.1 Å². The third kappa shape index (κ3) is 3.95. The van der Waals surface area contributed by atoms with E-state index in [-0.39, 0.29) is 5.56 Å². The number of thiophene rings is 1. The van der Waals surface area contributed by atoms with E-state index in [1.54, 1.807) is 24.3 Å². The minimum absolute atomic E-state index is 0.234. The fourth-order valence-electron chi connectivity index (χ4n) is 3.00. The molecular formula is C19H19NO6S. The van der Waals surface area contributed by atoms with Gasteiger partial charge >= 0.3 is 11.9 Å². The Morgan fingerprint density at radius 2 is 1.89 bits per heavy atom. The molecule has 0 spiro atoms. The van der Waals surface area contributed by atoms with E-state index in [2.05, 4.69) is 5.32 Å². The molecule has 0 aliphatic heterocycles. The summed E-state index contributed by atoms with van der Waals surface area (Å²) in [4.78, 5) is 37.6. The van der Waals surface area contributed by atoms with Gasteiger partial charge in [0.25, 0.3) is 5.91 Å². The zero-order chi connectivity index (χ0) is 19.4. The highest BCUT2D eigenvalue weighted by atomic mass is 32.1. The van der Waals surface area contributed by atoms with Crippen LogP contribution >= 0.6 is 11.3 Å². The average molecular weight is 389 g/mol. The van der Waals surface area contributed by atoms with Gasteiger partial charge in [0.1, 0.15) is 16.3 Å². The van der Waals surface area contributed by atoms with Crippen LogP contribution in [-0.4, -0.2) is 38.7 Å². The largest absolute Gasteiger partial charge is 0.496 e. The summed E-state index contributed by atoms with van der Waals surface area (Å²) in [5.74, 6) is -1.30. The summed E-state index contributed by atoms with van der Waals surface area (Å²) >= 11 is 1.36. The first kappa shape index (κ1) is 18.9. The van der Waals surface area contributed by atoms with Gasteiger partial charge in [-0.2, -0.15) is 0 Å². The maximum absolute atomic E-state index is 12.2. The fourth-order valence-corrected chi connectivity index (χ4v) is 4.29. The number of aryl methyl sites for hydroxylation is 1. The van der Waals surface area contributed by atoms with Crippen LogP contribution in [0.5, 0.6) is 5.75 Å². The van der Waals surface area contributed by atoms with E-state index in [4.69, 9.17) is 14.2 Å². The molecule has 0 fully saturated rings. The van der Waals surface area contributed by atoms with Crippen molar-refractivity contribution >= 4 is 34.2 Å². The lowest BCUT2D eigenvalue weighted by molar-refractivity contribution is -0.119. The van der Waals surface area contributed by atoms with E-state index in [0.717, 1.165) is 29.7 Å². The lowest BCUT2D eigenvalue weighted by Crippen LogP contribution is -2.22. The number of hydrogen-bond donors (Lipinski definition) is 1. The molecule has 2 aromatic rings. The lowest BCUT2D eigenvalue weighted by Gasteiger charge is -2.09. The number of anilines is 1. The fraction of sp³-hybridized carbons (Fsp3) is 0.316. The van der Waals surface area contributed by atoms with Gasteiger partial charge in [-0.15, -0.1) is 11.3 Å². The Morgan fingerprint density at radius 3 is 2.63 bits per heavy atom. The summed E-state index contributed by atoms with van der Waals surface area (Å²) in [7, 11) is 2.76. The first-order valence-electron chi connectivity index (χ1n) is 8.38. The van der Waals surface area contributed by atoms with E-state index in [9.17, 15) is 14.4 Å². The van der Waals surface area contributed by atoms with Crippen molar-refractivity contribution in [2.75, 3.05) is 26.1 Å². The predicted molar refractivity (Wildman–Crippen MR) is 99.6 cm³/mol. The first-order valence-corrected chi connectivity index (χ1v) is 9.19. The minimum Gasteiger partial charge on any atom is -0.496 e. The molecule has 3 rings (SSSR count). The number of amides is 1. The maximum Gasteiger partial charge on any atom is 0.342 e. The third-order valence-electron chi connectivity index (χ3n) is 4.23. The number of para-hydroxylation sites is 1. The summed E-state index contributed by atoms with van der Waals surface area (Å²) in [6, 6.07) is 6.59. The molecule has 1 N–H and O–H groups in total. The van der Waals surface area contributed by atoms with Crippen LogP contribution in [0, 0.1) is 0 Å². The molecule has 7 nitrogen and oxygen atoms in total. The monoisotopic (exact) mass is 389 g/mol. The number of nitrogens with one attached hydrogen (secondary N) is 1. The van der Waals surface area contributed by atoms with Crippen molar-refractivity contribution < 1.29 is 28.6 Å². The number of fused-ring (bicyclic) bond motifs is 1. The van der Waals surface area contributed by atoms with Crippen LogP contribution in [0.25, 0.3) is 0 Å². The van der Waals surface area contributed by atoms with Gasteiger partial charge < -0.3 is 19.5 Å². The molecular weight excluding hydrogens is 370 g/mol. The van der Waals surface area contributed by atoms with Gasteiger partial charge in [-0.05, 0) is 37.0 Å². The lowest BCUT2D eigenvalue weighted by atomic mass is 10.1. The number of benzene rings is 1. The molecule has 1 aliphatic rings. The summed E-state index contributed by atoms with van der Waals surface area (Å²) in [5, 5.41) is 3.10. The number of ether oxygens (including phenoxy) is 3. The zero-order valence-electron chi connectivity index (χ0n) is 15.0. The number of carbonyl (C=O) groups is 3. The normalized spacial score (nSPS) is 12.2. The van der Waals surface area contributed by atoms with Crippen molar-refractivity contribution in [3.8, 4) is 5.75 Å². The highest BCUT2D eigenvalue weighted by Crippen LogP contribution is 2.39. The molecule has 1 amide bonds. The van der Waals surface area contributed by atoms with Crippen LogP contribution in [0.3, 0.4) is 0 Å². The van der Waals surface area contributed by atoms with Crippen molar-refractivity contribution in [3.63, 3.8) is 0 Å². The molecule has 0 bridgehead atoms. The van der Waals surface area contributed by atoms with Crippen molar-refractivity contribution in [1.82, 2.24) is 0 Å². The molecule has 1 aromatic heterocycles. The van der Waals surface area contributed by atoms with Crippen molar-refractivity contribution in [2.24, 2.45) is 0 Å². The van der Waals surface area contributed by atoms with Crippen LogP contribution in [0.2, 0.25) is 0 Å². The number of rotatable bonds is 6. The minimum atomic E-state index is -0.663. The van der Waals surface area contributed by atoms with Gasteiger partial charge in [-0.1, -0.05) is 12.1 Å². The Balaban J connectivity index is 1.67. The van der Waals surface area contributed by atoms with Crippen molar-refractivity contribution in [2.45, 2.75) is 19.3 Å². The van der Waals surface area contributed by atoms with E-state index in [0.29, 0.717) is 16.3 Å². The molecule has 1 aliphatic carbocycles. The van der Waals surface area contributed by atoms with Gasteiger partial charge in [0.15, 0.2) is 6.61 Å². The molecule has 142 valence electrons. The second kappa shape index (κ2) is 8.22.